The summed E-state index contributed by atoms with van der Waals surface area (Å²) in [4.78, 5) is 0. The predicted molar refractivity (Wildman–Crippen MR) is 116 cm³/mol. The van der Waals surface area contributed by atoms with Crippen LogP contribution in [0.2, 0.25) is 0 Å². The summed E-state index contributed by atoms with van der Waals surface area (Å²) < 4.78 is 2.38. The van der Waals surface area contributed by atoms with E-state index >= 15 is 0 Å². The van der Waals surface area contributed by atoms with Crippen molar-refractivity contribution in [2.45, 2.75) is 58.8 Å². The first-order valence-corrected chi connectivity index (χ1v) is 11.1. The fourth-order valence-electron chi connectivity index (χ4n) is 4.44. The number of hydrogen-bond donors (Lipinski definition) is 0. The van der Waals surface area contributed by atoms with Crippen LogP contribution in [-0.2, 0) is 5.41 Å². The van der Waals surface area contributed by atoms with Gasteiger partial charge in [0.25, 0.3) is 0 Å². The monoisotopic (exact) mass is 462 g/mol. The van der Waals surface area contributed by atoms with Crippen LogP contribution in [0.4, 0.5) is 0 Å². The molecule has 0 aliphatic heterocycles. The molecule has 0 aromatic heterocycles. The van der Waals surface area contributed by atoms with Gasteiger partial charge >= 0.3 is 0 Å². The van der Waals surface area contributed by atoms with Gasteiger partial charge in [-0.3, -0.25) is 0 Å². The predicted octanol–water partition coefficient (Wildman–Crippen LogP) is 8.35. The van der Waals surface area contributed by atoms with Gasteiger partial charge in [0, 0.05) is 14.4 Å². The van der Waals surface area contributed by atoms with Crippen LogP contribution in [0, 0.1) is 11.8 Å². The quantitative estimate of drug-likeness (QED) is 0.403. The third kappa shape index (κ3) is 3.49. The lowest BCUT2D eigenvalue weighted by Gasteiger charge is -2.37. The smallest absolute Gasteiger partial charge is 0.0221 e. The number of halogens is 2. The lowest BCUT2D eigenvalue weighted by molar-refractivity contribution is 0.308. The number of benzene rings is 2. The maximum atomic E-state index is 3.73. The molecule has 0 spiro atoms. The summed E-state index contributed by atoms with van der Waals surface area (Å²) >= 11 is 7.47. The Kier molecular flexibility index (Phi) is 5.80. The van der Waals surface area contributed by atoms with Crippen molar-refractivity contribution in [1.29, 1.82) is 0 Å². The van der Waals surface area contributed by atoms with Gasteiger partial charge in [-0.2, -0.15) is 0 Å². The van der Waals surface area contributed by atoms with Crippen LogP contribution in [0.5, 0.6) is 0 Å². The number of rotatable bonds is 6. The van der Waals surface area contributed by atoms with Crippen molar-refractivity contribution in [3.8, 4) is 11.1 Å². The molecular weight excluding hydrogens is 436 g/mol. The van der Waals surface area contributed by atoms with Gasteiger partial charge in [-0.05, 0) is 71.2 Å². The second-order valence-corrected chi connectivity index (χ2v) is 9.73. The molecule has 2 aromatic carbocycles. The van der Waals surface area contributed by atoms with Crippen molar-refractivity contribution >= 4 is 31.9 Å². The molecule has 0 N–H and O–H groups in total. The molecule has 0 bridgehead atoms. The van der Waals surface area contributed by atoms with E-state index in [0.717, 1.165) is 0 Å². The summed E-state index contributed by atoms with van der Waals surface area (Å²) in [5.74, 6) is 1.42. The number of hydrogen-bond acceptors (Lipinski definition) is 0. The lowest BCUT2D eigenvalue weighted by atomic mass is 9.67. The molecule has 0 fully saturated rings. The van der Waals surface area contributed by atoms with Crippen LogP contribution in [0.15, 0.2) is 45.3 Å². The van der Waals surface area contributed by atoms with Crippen molar-refractivity contribution in [2.24, 2.45) is 11.8 Å². The summed E-state index contributed by atoms with van der Waals surface area (Å²) in [5, 5.41) is 0. The Bertz CT molecular complexity index is 697. The Morgan fingerprint density at radius 3 is 1.52 bits per heavy atom. The maximum Gasteiger partial charge on any atom is 0.0221 e. The summed E-state index contributed by atoms with van der Waals surface area (Å²) in [6.45, 7) is 9.46. The molecule has 0 saturated carbocycles. The molecule has 2 aromatic rings. The zero-order chi connectivity index (χ0) is 18.2. The van der Waals surface area contributed by atoms with E-state index in [2.05, 4.69) is 96.0 Å². The Labute approximate surface area is 169 Å². The number of fused-ring (bicyclic) bond motifs is 3. The fraction of sp³-hybridized carbons (Fsp3) is 0.478. The van der Waals surface area contributed by atoms with E-state index in [0.29, 0.717) is 11.8 Å². The highest BCUT2D eigenvalue weighted by atomic mass is 79.9. The average molecular weight is 464 g/mol. The molecule has 134 valence electrons. The van der Waals surface area contributed by atoms with Crippen molar-refractivity contribution < 1.29 is 0 Å². The normalized spacial score (nSPS) is 17.0. The molecule has 0 heterocycles. The largest absolute Gasteiger partial charge is 0.0651 e. The Balaban J connectivity index is 2.27. The van der Waals surface area contributed by atoms with E-state index in [1.165, 1.54) is 56.9 Å². The molecule has 2 atom stereocenters. The Morgan fingerprint density at radius 1 is 0.760 bits per heavy atom. The molecule has 3 rings (SSSR count). The second-order valence-electron chi connectivity index (χ2n) is 7.90. The van der Waals surface area contributed by atoms with Gasteiger partial charge in [0.2, 0.25) is 0 Å². The third-order valence-corrected chi connectivity index (χ3v) is 7.06. The van der Waals surface area contributed by atoms with Gasteiger partial charge < -0.3 is 0 Å². The van der Waals surface area contributed by atoms with Crippen LogP contribution < -0.4 is 0 Å². The van der Waals surface area contributed by atoms with E-state index in [9.17, 15) is 0 Å². The van der Waals surface area contributed by atoms with Crippen molar-refractivity contribution in [3.05, 3.63) is 56.5 Å². The average Bonchev–Trinajstić information content (AvgIpc) is 2.84. The van der Waals surface area contributed by atoms with Crippen molar-refractivity contribution in [3.63, 3.8) is 0 Å². The summed E-state index contributed by atoms with van der Waals surface area (Å²) in [6.07, 6.45) is 4.91. The zero-order valence-electron chi connectivity index (χ0n) is 15.7. The molecule has 2 unspecified atom stereocenters. The van der Waals surface area contributed by atoms with Gasteiger partial charge in [-0.25, -0.2) is 0 Å². The van der Waals surface area contributed by atoms with Crippen LogP contribution >= 0.6 is 31.9 Å². The molecule has 0 saturated heterocycles. The zero-order valence-corrected chi connectivity index (χ0v) is 18.9. The van der Waals surface area contributed by atoms with Crippen LogP contribution in [0.25, 0.3) is 11.1 Å². The Hall–Kier alpha value is -0.600. The van der Waals surface area contributed by atoms with Crippen LogP contribution in [0.3, 0.4) is 0 Å². The molecule has 0 nitrogen and oxygen atoms in total. The SMILES string of the molecule is CCC(C)CC1(CC(C)CC)c2cc(Br)ccc2-c2ccc(Br)cc21. The van der Waals surface area contributed by atoms with Gasteiger partial charge in [0.05, 0.1) is 0 Å². The highest BCUT2D eigenvalue weighted by Crippen LogP contribution is 2.56. The lowest BCUT2D eigenvalue weighted by Crippen LogP contribution is -2.30. The molecule has 25 heavy (non-hydrogen) atoms. The minimum absolute atomic E-state index is 0.128. The molecule has 0 radical (unpaired) electrons. The van der Waals surface area contributed by atoms with E-state index < -0.39 is 0 Å². The van der Waals surface area contributed by atoms with Crippen LogP contribution in [0.1, 0.15) is 64.5 Å². The molecule has 2 heteroatoms. The van der Waals surface area contributed by atoms with Gasteiger partial charge in [0.1, 0.15) is 0 Å². The van der Waals surface area contributed by atoms with Crippen molar-refractivity contribution in [1.82, 2.24) is 0 Å². The summed E-state index contributed by atoms with van der Waals surface area (Å²) in [5.41, 5.74) is 6.03. The Morgan fingerprint density at radius 2 is 1.16 bits per heavy atom. The minimum Gasteiger partial charge on any atom is -0.0651 e. The molecule has 1 aliphatic carbocycles. The standard InChI is InChI=1S/C23H28Br2/c1-5-15(3)13-23(14-16(4)6-2)21-11-17(24)7-9-19(21)20-10-8-18(25)12-22(20)23/h7-12,15-16H,5-6,13-14H2,1-4H3. The minimum atomic E-state index is 0.128. The van der Waals surface area contributed by atoms with Gasteiger partial charge in [-0.15, -0.1) is 0 Å². The van der Waals surface area contributed by atoms with E-state index in [1.54, 1.807) is 0 Å². The van der Waals surface area contributed by atoms with E-state index in [-0.39, 0.29) is 5.41 Å². The maximum absolute atomic E-state index is 3.73. The highest BCUT2D eigenvalue weighted by molar-refractivity contribution is 9.10. The summed E-state index contributed by atoms with van der Waals surface area (Å²) in [6, 6.07) is 13.8. The first kappa shape index (κ1) is 19.2. The third-order valence-electron chi connectivity index (χ3n) is 6.07. The van der Waals surface area contributed by atoms with Gasteiger partial charge in [-0.1, -0.05) is 84.5 Å². The van der Waals surface area contributed by atoms with E-state index in [4.69, 9.17) is 0 Å². The van der Waals surface area contributed by atoms with E-state index in [1.807, 2.05) is 0 Å². The first-order valence-electron chi connectivity index (χ1n) is 9.51. The highest BCUT2D eigenvalue weighted by Gasteiger charge is 2.44. The second kappa shape index (κ2) is 7.56. The molecule has 1 aliphatic rings. The van der Waals surface area contributed by atoms with Crippen LogP contribution in [-0.4, -0.2) is 0 Å². The summed E-state index contributed by atoms with van der Waals surface area (Å²) in [7, 11) is 0. The molecular formula is C23H28Br2. The first-order chi connectivity index (χ1) is 11.9. The van der Waals surface area contributed by atoms with Crippen molar-refractivity contribution in [2.75, 3.05) is 0 Å². The fourth-order valence-corrected chi connectivity index (χ4v) is 5.16. The van der Waals surface area contributed by atoms with Gasteiger partial charge in [0.15, 0.2) is 0 Å². The topological polar surface area (TPSA) is 0 Å². The molecule has 0 amide bonds.